The molecule has 0 unspecified atom stereocenters. The number of H-pyrrole nitrogens is 1. The van der Waals surface area contributed by atoms with Crippen molar-refractivity contribution in [3.63, 3.8) is 0 Å². The smallest absolute Gasteiger partial charge is 0.262 e. The fraction of sp³-hybridized carbons (Fsp3) is 0.185. The second-order valence-electron chi connectivity index (χ2n) is 8.38. The summed E-state index contributed by atoms with van der Waals surface area (Å²) >= 11 is 0. The van der Waals surface area contributed by atoms with Gasteiger partial charge in [-0.15, -0.1) is 0 Å². The van der Waals surface area contributed by atoms with Gasteiger partial charge in [0, 0.05) is 18.8 Å². The topological polar surface area (TPSA) is 63.2 Å². The molecule has 1 saturated heterocycles. The molecule has 1 aliphatic heterocycles. The Labute approximate surface area is 191 Å². The summed E-state index contributed by atoms with van der Waals surface area (Å²) in [5, 5.41) is 1.01. The van der Waals surface area contributed by atoms with Gasteiger partial charge in [-0.25, -0.2) is 4.98 Å². The molecule has 0 bridgehead atoms. The van der Waals surface area contributed by atoms with Crippen LogP contribution in [0.15, 0.2) is 83.7 Å². The first-order valence-corrected chi connectivity index (χ1v) is 11.3. The number of aromatic nitrogens is 3. The molecule has 5 aromatic rings. The van der Waals surface area contributed by atoms with Crippen LogP contribution in [0.5, 0.6) is 0 Å². The maximum absolute atomic E-state index is 13.7. The normalized spacial score (nSPS) is 14.2. The number of hydrogen-bond acceptors (Lipinski definition) is 4. The lowest BCUT2D eigenvalue weighted by Crippen LogP contribution is -2.36. The number of benzene rings is 3. The van der Waals surface area contributed by atoms with Gasteiger partial charge in [0.2, 0.25) is 0 Å². The average molecular weight is 437 g/mol. The van der Waals surface area contributed by atoms with E-state index in [1.807, 2.05) is 71.3 Å². The fourth-order valence-corrected chi connectivity index (χ4v) is 4.56. The number of para-hydroxylation sites is 1. The van der Waals surface area contributed by atoms with Crippen LogP contribution < -0.4 is 10.5 Å². The minimum absolute atomic E-state index is 0.0509. The van der Waals surface area contributed by atoms with Crippen molar-refractivity contribution in [2.45, 2.75) is 6.54 Å². The molecule has 6 heteroatoms. The van der Waals surface area contributed by atoms with Crippen molar-refractivity contribution in [2.75, 3.05) is 31.2 Å². The molecule has 3 aromatic carbocycles. The molecule has 0 radical (unpaired) electrons. The summed E-state index contributed by atoms with van der Waals surface area (Å²) in [5.74, 6) is 0.599. The number of pyridine rings is 1. The van der Waals surface area contributed by atoms with Gasteiger partial charge in [0.05, 0.1) is 41.9 Å². The van der Waals surface area contributed by atoms with Crippen LogP contribution in [-0.2, 0) is 11.3 Å². The Morgan fingerprint density at radius 1 is 0.909 bits per heavy atom. The molecule has 0 aliphatic carbocycles. The van der Waals surface area contributed by atoms with Crippen LogP contribution >= 0.6 is 0 Å². The van der Waals surface area contributed by atoms with E-state index < -0.39 is 0 Å². The van der Waals surface area contributed by atoms with E-state index in [1.165, 1.54) is 0 Å². The lowest BCUT2D eigenvalue weighted by Gasteiger charge is -2.28. The summed E-state index contributed by atoms with van der Waals surface area (Å²) in [6.07, 6.45) is 0. The molecule has 33 heavy (non-hydrogen) atoms. The Balaban J connectivity index is 1.46. The third kappa shape index (κ3) is 3.68. The molecule has 6 nitrogen and oxygen atoms in total. The van der Waals surface area contributed by atoms with Gasteiger partial charge in [0.1, 0.15) is 5.82 Å². The van der Waals surface area contributed by atoms with Crippen molar-refractivity contribution in [3.8, 4) is 11.4 Å². The Hall–Kier alpha value is -3.90. The molecule has 0 saturated carbocycles. The largest absolute Gasteiger partial charge is 0.378 e. The first-order chi connectivity index (χ1) is 16.3. The van der Waals surface area contributed by atoms with E-state index in [0.29, 0.717) is 17.9 Å². The highest BCUT2D eigenvalue weighted by atomic mass is 16.5. The number of anilines is 1. The van der Waals surface area contributed by atoms with Crippen LogP contribution in [0.3, 0.4) is 0 Å². The highest BCUT2D eigenvalue weighted by Crippen LogP contribution is 2.26. The van der Waals surface area contributed by atoms with Gasteiger partial charge in [-0.2, -0.15) is 0 Å². The number of fused-ring (bicyclic) bond motifs is 2. The van der Waals surface area contributed by atoms with Crippen LogP contribution in [0.2, 0.25) is 0 Å². The predicted octanol–water partition coefficient (Wildman–Crippen LogP) is 4.43. The Bertz CT molecular complexity index is 1500. The van der Waals surface area contributed by atoms with E-state index >= 15 is 0 Å². The average Bonchev–Trinajstić information content (AvgIpc) is 3.30. The lowest BCUT2D eigenvalue weighted by molar-refractivity contribution is 0.122. The minimum atomic E-state index is -0.0509. The van der Waals surface area contributed by atoms with Crippen molar-refractivity contribution in [2.24, 2.45) is 0 Å². The summed E-state index contributed by atoms with van der Waals surface area (Å²) in [6.45, 7) is 3.74. The van der Waals surface area contributed by atoms with E-state index in [2.05, 4.69) is 22.0 Å². The van der Waals surface area contributed by atoms with Crippen LogP contribution in [0, 0.1) is 0 Å². The number of ether oxygens (including phenoxy) is 1. The summed E-state index contributed by atoms with van der Waals surface area (Å²) in [4.78, 5) is 24.1. The highest BCUT2D eigenvalue weighted by Gasteiger charge is 2.16. The molecule has 1 N–H and O–H groups in total. The third-order valence-corrected chi connectivity index (χ3v) is 6.28. The van der Waals surface area contributed by atoms with Gasteiger partial charge < -0.3 is 19.2 Å². The number of imidazole rings is 1. The molecule has 0 amide bonds. The maximum Gasteiger partial charge on any atom is 0.262 e. The Morgan fingerprint density at radius 3 is 2.55 bits per heavy atom. The van der Waals surface area contributed by atoms with E-state index in [4.69, 9.17) is 9.72 Å². The molecular formula is C27H24N4O2. The van der Waals surface area contributed by atoms with Crippen molar-refractivity contribution < 1.29 is 4.74 Å². The molecule has 164 valence electrons. The Morgan fingerprint density at radius 2 is 1.70 bits per heavy atom. The van der Waals surface area contributed by atoms with E-state index in [-0.39, 0.29) is 5.56 Å². The maximum atomic E-state index is 13.7. The van der Waals surface area contributed by atoms with Gasteiger partial charge in [0.15, 0.2) is 0 Å². The lowest BCUT2D eigenvalue weighted by atomic mass is 10.1. The quantitative estimate of drug-likeness (QED) is 0.453. The van der Waals surface area contributed by atoms with Crippen LogP contribution in [0.25, 0.3) is 33.3 Å². The zero-order valence-electron chi connectivity index (χ0n) is 18.2. The van der Waals surface area contributed by atoms with Crippen molar-refractivity contribution >= 4 is 27.6 Å². The molecule has 0 spiro atoms. The van der Waals surface area contributed by atoms with Crippen molar-refractivity contribution in [3.05, 3.63) is 94.8 Å². The zero-order valence-corrected chi connectivity index (χ0v) is 18.2. The van der Waals surface area contributed by atoms with Gasteiger partial charge >= 0.3 is 0 Å². The first kappa shape index (κ1) is 19.8. The Kier molecular flexibility index (Phi) is 4.92. The molecule has 2 aromatic heterocycles. The predicted molar refractivity (Wildman–Crippen MR) is 132 cm³/mol. The molecule has 1 fully saturated rings. The number of nitrogens with one attached hydrogen (secondary N) is 1. The molecule has 0 atom stereocenters. The summed E-state index contributed by atoms with van der Waals surface area (Å²) < 4.78 is 7.31. The van der Waals surface area contributed by atoms with Gasteiger partial charge in [-0.3, -0.25) is 4.79 Å². The van der Waals surface area contributed by atoms with Gasteiger partial charge in [0.25, 0.3) is 5.56 Å². The van der Waals surface area contributed by atoms with E-state index in [9.17, 15) is 4.79 Å². The second-order valence-corrected chi connectivity index (χ2v) is 8.38. The van der Waals surface area contributed by atoms with Crippen LogP contribution in [-0.4, -0.2) is 40.8 Å². The van der Waals surface area contributed by atoms with Crippen LogP contribution in [0.1, 0.15) is 5.56 Å². The van der Waals surface area contributed by atoms with Gasteiger partial charge in [-0.05, 0) is 41.3 Å². The molecular weight excluding hydrogens is 412 g/mol. The molecule has 1 aliphatic rings. The number of rotatable bonds is 4. The zero-order chi connectivity index (χ0) is 22.2. The third-order valence-electron chi connectivity index (χ3n) is 6.28. The SMILES string of the molecule is O=c1c(-c2nc3ccc(N4CCOCC4)cc3[nH]2)cc2ccccc2n1Cc1ccccc1. The van der Waals surface area contributed by atoms with E-state index in [1.54, 1.807) is 0 Å². The minimum Gasteiger partial charge on any atom is -0.378 e. The highest BCUT2D eigenvalue weighted by molar-refractivity contribution is 5.86. The molecule has 3 heterocycles. The first-order valence-electron chi connectivity index (χ1n) is 11.3. The number of aromatic amines is 1. The number of hydrogen-bond donors (Lipinski definition) is 1. The summed E-state index contributed by atoms with van der Waals surface area (Å²) in [6, 6.07) is 26.2. The number of morpholine rings is 1. The summed E-state index contributed by atoms with van der Waals surface area (Å²) in [5.41, 5.74) is 5.45. The number of nitrogens with zero attached hydrogens (tertiary/aromatic N) is 3. The second kappa shape index (κ2) is 8.22. The monoisotopic (exact) mass is 436 g/mol. The van der Waals surface area contributed by atoms with Crippen LogP contribution in [0.4, 0.5) is 5.69 Å². The standard InChI is InChI=1S/C27H24N4O2/c32-27-22(16-20-8-4-5-9-25(20)31(27)18-19-6-2-1-3-7-19)26-28-23-11-10-21(17-24(23)29-26)30-12-14-33-15-13-30/h1-11,16-17H,12-15,18H2,(H,28,29). The van der Waals surface area contributed by atoms with Crippen molar-refractivity contribution in [1.29, 1.82) is 0 Å². The molecule has 6 rings (SSSR count). The van der Waals surface area contributed by atoms with Gasteiger partial charge in [-0.1, -0.05) is 48.5 Å². The fourth-order valence-electron chi connectivity index (χ4n) is 4.56. The summed E-state index contributed by atoms with van der Waals surface area (Å²) in [7, 11) is 0. The van der Waals surface area contributed by atoms with E-state index in [0.717, 1.165) is 59.5 Å². The van der Waals surface area contributed by atoms with Crippen molar-refractivity contribution in [1.82, 2.24) is 14.5 Å².